The minimum absolute atomic E-state index is 0.175. The summed E-state index contributed by atoms with van der Waals surface area (Å²) in [6.45, 7) is 4.33. The molecule has 1 saturated heterocycles. The molecule has 0 aromatic carbocycles. The summed E-state index contributed by atoms with van der Waals surface area (Å²) in [5.74, 6) is 0.906. The molecular weight excluding hydrogens is 210 g/mol. The average Bonchev–Trinajstić information content (AvgIpc) is 2.05. The van der Waals surface area contributed by atoms with Crippen molar-refractivity contribution in [2.24, 2.45) is 5.41 Å². The van der Waals surface area contributed by atoms with Crippen LogP contribution in [-0.2, 0) is 9.84 Å². The van der Waals surface area contributed by atoms with Gasteiger partial charge in [-0.2, -0.15) is 0 Å². The van der Waals surface area contributed by atoms with E-state index in [1.54, 1.807) is 0 Å². The van der Waals surface area contributed by atoms with Crippen LogP contribution in [0.5, 0.6) is 0 Å². The summed E-state index contributed by atoms with van der Waals surface area (Å²) in [6.07, 6.45) is 4.48. The van der Waals surface area contributed by atoms with Gasteiger partial charge < -0.3 is 5.32 Å². The minimum atomic E-state index is -2.65. The molecule has 2 fully saturated rings. The van der Waals surface area contributed by atoms with Crippen LogP contribution in [-0.4, -0.2) is 32.0 Å². The van der Waals surface area contributed by atoms with Crippen molar-refractivity contribution in [1.29, 1.82) is 0 Å². The van der Waals surface area contributed by atoms with Crippen LogP contribution in [0.4, 0.5) is 0 Å². The Morgan fingerprint density at radius 1 is 1.20 bits per heavy atom. The van der Waals surface area contributed by atoms with Crippen LogP contribution in [0.3, 0.4) is 0 Å². The van der Waals surface area contributed by atoms with E-state index in [2.05, 4.69) is 19.2 Å². The molecule has 0 bridgehead atoms. The molecule has 0 aromatic rings. The largest absolute Gasteiger partial charge is 0.312 e. The van der Waals surface area contributed by atoms with Crippen molar-refractivity contribution in [3.05, 3.63) is 0 Å². The average molecular weight is 231 g/mol. The first-order valence-electron chi connectivity index (χ1n) is 5.87. The highest BCUT2D eigenvalue weighted by atomic mass is 32.2. The van der Waals surface area contributed by atoms with E-state index < -0.39 is 9.84 Å². The second kappa shape index (κ2) is 3.74. The minimum Gasteiger partial charge on any atom is -0.312 e. The zero-order valence-electron chi connectivity index (χ0n) is 9.62. The number of sulfone groups is 1. The van der Waals surface area contributed by atoms with Crippen molar-refractivity contribution in [2.45, 2.75) is 51.6 Å². The summed E-state index contributed by atoms with van der Waals surface area (Å²) in [5.41, 5.74) is 0.175. The van der Waals surface area contributed by atoms with Crippen molar-refractivity contribution in [1.82, 2.24) is 5.32 Å². The van der Waals surface area contributed by atoms with E-state index in [1.165, 1.54) is 0 Å². The van der Waals surface area contributed by atoms with Crippen molar-refractivity contribution in [3.63, 3.8) is 0 Å². The van der Waals surface area contributed by atoms with Gasteiger partial charge in [0.15, 0.2) is 9.84 Å². The van der Waals surface area contributed by atoms with Crippen molar-refractivity contribution in [3.8, 4) is 0 Å². The van der Waals surface area contributed by atoms with E-state index in [9.17, 15) is 8.42 Å². The van der Waals surface area contributed by atoms with Gasteiger partial charge in [0.25, 0.3) is 0 Å². The van der Waals surface area contributed by atoms with Crippen LogP contribution in [0.1, 0.15) is 39.5 Å². The Bertz CT molecular complexity index is 312. The Hall–Kier alpha value is -0.0900. The van der Waals surface area contributed by atoms with E-state index in [-0.39, 0.29) is 5.41 Å². The maximum Gasteiger partial charge on any atom is 0.151 e. The van der Waals surface area contributed by atoms with Crippen LogP contribution in [0.15, 0.2) is 0 Å². The van der Waals surface area contributed by atoms with E-state index >= 15 is 0 Å². The summed E-state index contributed by atoms with van der Waals surface area (Å²) < 4.78 is 22.4. The molecule has 0 radical (unpaired) electrons. The Labute approximate surface area is 92.6 Å². The second-order valence-corrected chi connectivity index (χ2v) is 7.69. The SMILES string of the molecule is CC(C)NC1CCC2(CC1)CS(=O)(=O)C2. The molecule has 1 saturated carbocycles. The molecule has 1 N–H and O–H groups in total. The monoisotopic (exact) mass is 231 g/mol. The summed E-state index contributed by atoms with van der Waals surface area (Å²) in [5, 5.41) is 3.54. The van der Waals surface area contributed by atoms with Crippen LogP contribution in [0.25, 0.3) is 0 Å². The van der Waals surface area contributed by atoms with E-state index in [0.717, 1.165) is 25.7 Å². The Morgan fingerprint density at radius 2 is 1.73 bits per heavy atom. The van der Waals surface area contributed by atoms with Crippen molar-refractivity contribution < 1.29 is 8.42 Å². The maximum absolute atomic E-state index is 11.2. The van der Waals surface area contributed by atoms with Crippen LogP contribution in [0, 0.1) is 5.41 Å². The molecule has 1 aliphatic carbocycles. The topological polar surface area (TPSA) is 46.2 Å². The Morgan fingerprint density at radius 3 is 2.13 bits per heavy atom. The van der Waals surface area contributed by atoms with E-state index in [1.807, 2.05) is 0 Å². The molecule has 1 heterocycles. The lowest BCUT2D eigenvalue weighted by molar-refractivity contribution is 0.189. The first-order valence-corrected chi connectivity index (χ1v) is 7.69. The van der Waals surface area contributed by atoms with Crippen LogP contribution in [0.2, 0.25) is 0 Å². The number of rotatable bonds is 2. The third-order valence-electron chi connectivity index (χ3n) is 3.67. The molecule has 0 amide bonds. The zero-order chi connectivity index (χ0) is 11.1. The molecule has 1 aliphatic heterocycles. The number of hydrogen-bond acceptors (Lipinski definition) is 3. The third-order valence-corrected chi connectivity index (χ3v) is 5.77. The predicted molar refractivity (Wildman–Crippen MR) is 61.6 cm³/mol. The van der Waals surface area contributed by atoms with Gasteiger partial charge in [0.05, 0.1) is 11.5 Å². The molecule has 1 spiro atoms. The fourth-order valence-corrected chi connectivity index (χ4v) is 5.41. The van der Waals surface area contributed by atoms with Gasteiger partial charge in [-0.25, -0.2) is 8.42 Å². The van der Waals surface area contributed by atoms with Gasteiger partial charge in [-0.05, 0) is 31.1 Å². The lowest BCUT2D eigenvalue weighted by Crippen LogP contribution is -2.52. The van der Waals surface area contributed by atoms with Gasteiger partial charge in [-0.15, -0.1) is 0 Å². The molecule has 0 atom stereocenters. The fraction of sp³-hybridized carbons (Fsp3) is 1.00. The molecule has 2 rings (SSSR count). The first-order chi connectivity index (χ1) is 6.91. The standard InChI is InChI=1S/C11H21NO2S/c1-9(2)12-10-3-5-11(6-4-10)7-15(13,14)8-11/h9-10,12H,3-8H2,1-2H3. The van der Waals surface area contributed by atoms with Crippen LogP contribution >= 0.6 is 0 Å². The highest BCUT2D eigenvalue weighted by molar-refractivity contribution is 7.92. The number of nitrogens with one attached hydrogen (secondary N) is 1. The molecule has 3 nitrogen and oxygen atoms in total. The summed E-state index contributed by atoms with van der Waals surface area (Å²) in [6, 6.07) is 1.15. The summed E-state index contributed by atoms with van der Waals surface area (Å²) in [4.78, 5) is 0. The molecule has 4 heteroatoms. The highest BCUT2D eigenvalue weighted by Crippen LogP contribution is 2.45. The van der Waals surface area contributed by atoms with Gasteiger partial charge in [0.2, 0.25) is 0 Å². The summed E-state index contributed by atoms with van der Waals surface area (Å²) >= 11 is 0. The lowest BCUT2D eigenvalue weighted by Gasteiger charge is -2.46. The Balaban J connectivity index is 1.83. The third kappa shape index (κ3) is 2.53. The maximum atomic E-state index is 11.2. The molecule has 15 heavy (non-hydrogen) atoms. The molecule has 88 valence electrons. The molecule has 2 aliphatic rings. The van der Waals surface area contributed by atoms with Crippen molar-refractivity contribution in [2.75, 3.05) is 11.5 Å². The Kier molecular flexibility index (Phi) is 2.84. The first kappa shape index (κ1) is 11.4. The smallest absolute Gasteiger partial charge is 0.151 e. The highest BCUT2D eigenvalue weighted by Gasteiger charge is 2.49. The van der Waals surface area contributed by atoms with Crippen LogP contribution < -0.4 is 5.32 Å². The fourth-order valence-electron chi connectivity index (χ4n) is 3.05. The van der Waals surface area contributed by atoms with Gasteiger partial charge in [0.1, 0.15) is 0 Å². The molecule has 0 unspecified atom stereocenters. The lowest BCUT2D eigenvalue weighted by atomic mass is 9.74. The molecule has 0 aromatic heterocycles. The number of hydrogen-bond donors (Lipinski definition) is 1. The normalized spacial score (nSPS) is 29.3. The predicted octanol–water partition coefficient (Wildman–Crippen LogP) is 1.34. The van der Waals surface area contributed by atoms with Gasteiger partial charge in [-0.3, -0.25) is 0 Å². The zero-order valence-corrected chi connectivity index (χ0v) is 10.4. The van der Waals surface area contributed by atoms with Gasteiger partial charge in [0, 0.05) is 12.1 Å². The van der Waals surface area contributed by atoms with E-state index in [0.29, 0.717) is 23.6 Å². The quantitative estimate of drug-likeness (QED) is 0.780. The van der Waals surface area contributed by atoms with Crippen molar-refractivity contribution >= 4 is 9.84 Å². The van der Waals surface area contributed by atoms with E-state index in [4.69, 9.17) is 0 Å². The molecular formula is C11H21NO2S. The van der Waals surface area contributed by atoms with Gasteiger partial charge in [-0.1, -0.05) is 13.8 Å². The second-order valence-electron chi connectivity index (χ2n) is 5.63. The summed E-state index contributed by atoms with van der Waals surface area (Å²) in [7, 11) is -2.65. The van der Waals surface area contributed by atoms with Gasteiger partial charge >= 0.3 is 0 Å².